The predicted molar refractivity (Wildman–Crippen MR) is 116 cm³/mol. The molecule has 2 heteroatoms. The number of hydrazone groups is 1. The van der Waals surface area contributed by atoms with Crippen LogP contribution in [0.3, 0.4) is 0 Å². The van der Waals surface area contributed by atoms with Crippen LogP contribution >= 0.6 is 0 Å². The first-order valence-electron chi connectivity index (χ1n) is 9.31. The minimum Gasteiger partial charge on any atom is -0.233 e. The number of anilines is 2. The van der Waals surface area contributed by atoms with Gasteiger partial charge in [-0.3, -0.25) is 0 Å². The molecule has 0 heterocycles. The average Bonchev–Trinajstić information content (AvgIpc) is 2.75. The summed E-state index contributed by atoms with van der Waals surface area (Å²) in [5.74, 6) is 0. The van der Waals surface area contributed by atoms with Gasteiger partial charge in [0.2, 0.25) is 0 Å². The summed E-state index contributed by atoms with van der Waals surface area (Å²) in [6, 6.07) is 33.6. The van der Waals surface area contributed by atoms with Crippen molar-refractivity contribution in [2.24, 2.45) is 5.10 Å². The second-order valence-electron chi connectivity index (χ2n) is 6.49. The van der Waals surface area contributed by atoms with E-state index in [-0.39, 0.29) is 0 Å². The third-order valence-electron chi connectivity index (χ3n) is 4.71. The quantitative estimate of drug-likeness (QED) is 0.293. The molecule has 0 aliphatic rings. The lowest BCUT2D eigenvalue weighted by Crippen LogP contribution is -2.10. The van der Waals surface area contributed by atoms with E-state index in [0.717, 1.165) is 23.4 Å². The molecular formula is C25H22N2. The highest BCUT2D eigenvalue weighted by Crippen LogP contribution is 2.32. The van der Waals surface area contributed by atoms with Crippen LogP contribution in [0.2, 0.25) is 0 Å². The Kier molecular flexibility index (Phi) is 4.97. The fourth-order valence-electron chi connectivity index (χ4n) is 3.19. The van der Waals surface area contributed by atoms with Gasteiger partial charge in [0.25, 0.3) is 0 Å². The maximum atomic E-state index is 4.85. The normalized spacial score (nSPS) is 11.1. The number of hydrogen-bond acceptors (Lipinski definition) is 2. The summed E-state index contributed by atoms with van der Waals surface area (Å²) in [6.07, 6.45) is 2.97. The van der Waals surface area contributed by atoms with Crippen molar-refractivity contribution in [3.63, 3.8) is 0 Å². The van der Waals surface area contributed by atoms with E-state index in [1.165, 1.54) is 16.3 Å². The van der Waals surface area contributed by atoms with Crippen molar-refractivity contribution in [2.45, 2.75) is 13.3 Å². The monoisotopic (exact) mass is 350 g/mol. The van der Waals surface area contributed by atoms with Crippen LogP contribution in [0.5, 0.6) is 0 Å². The van der Waals surface area contributed by atoms with E-state index >= 15 is 0 Å². The van der Waals surface area contributed by atoms with Crippen molar-refractivity contribution in [1.82, 2.24) is 0 Å². The predicted octanol–water partition coefficient (Wildman–Crippen LogP) is 6.57. The minimum atomic E-state index is 1.04. The molecule has 0 unspecified atom stereocenters. The average molecular weight is 350 g/mol. The summed E-state index contributed by atoms with van der Waals surface area (Å²) in [6.45, 7) is 2.17. The van der Waals surface area contributed by atoms with Gasteiger partial charge in [0.1, 0.15) is 0 Å². The van der Waals surface area contributed by atoms with Crippen LogP contribution in [-0.4, -0.2) is 6.21 Å². The Labute approximate surface area is 160 Å². The largest absolute Gasteiger partial charge is 0.233 e. The Morgan fingerprint density at radius 2 is 1.44 bits per heavy atom. The number of benzene rings is 4. The molecule has 0 bridgehead atoms. The standard InChI is InChI=1S/C25H22N2/c1-2-20-15-17-21(18-16-20)19-26-27(23-11-4-3-5-12-23)25-14-8-10-22-9-6-7-13-24(22)25/h3-19H,2H2,1H3. The van der Waals surface area contributed by atoms with Crippen LogP contribution in [0.25, 0.3) is 10.8 Å². The van der Waals surface area contributed by atoms with E-state index in [0.29, 0.717) is 0 Å². The fourth-order valence-corrected chi connectivity index (χ4v) is 3.19. The third-order valence-corrected chi connectivity index (χ3v) is 4.71. The molecule has 0 N–H and O–H groups in total. The molecule has 4 rings (SSSR count). The first kappa shape index (κ1) is 17.0. The zero-order valence-electron chi connectivity index (χ0n) is 15.4. The maximum Gasteiger partial charge on any atom is 0.0730 e. The number of para-hydroxylation sites is 1. The number of aryl methyl sites for hydroxylation is 1. The van der Waals surface area contributed by atoms with Gasteiger partial charge in [0.15, 0.2) is 0 Å². The second-order valence-corrected chi connectivity index (χ2v) is 6.49. The topological polar surface area (TPSA) is 15.6 Å². The van der Waals surface area contributed by atoms with Crippen LogP contribution in [0.1, 0.15) is 18.1 Å². The SMILES string of the molecule is CCc1ccc(C=NN(c2ccccc2)c2cccc3ccccc23)cc1. The molecule has 2 nitrogen and oxygen atoms in total. The van der Waals surface area contributed by atoms with E-state index in [4.69, 9.17) is 5.10 Å². The molecule has 0 aromatic heterocycles. The van der Waals surface area contributed by atoms with Crippen LogP contribution < -0.4 is 5.01 Å². The Morgan fingerprint density at radius 1 is 0.741 bits per heavy atom. The van der Waals surface area contributed by atoms with Gasteiger partial charge in [0, 0.05) is 5.39 Å². The smallest absolute Gasteiger partial charge is 0.0730 e. The molecule has 0 atom stereocenters. The lowest BCUT2D eigenvalue weighted by Gasteiger charge is -2.21. The Morgan fingerprint density at radius 3 is 2.22 bits per heavy atom. The van der Waals surface area contributed by atoms with Gasteiger partial charge < -0.3 is 0 Å². The second kappa shape index (κ2) is 7.88. The maximum absolute atomic E-state index is 4.85. The highest BCUT2D eigenvalue weighted by Gasteiger charge is 2.11. The Hall–Kier alpha value is -3.39. The van der Waals surface area contributed by atoms with Gasteiger partial charge in [-0.2, -0.15) is 5.10 Å². The first-order chi connectivity index (χ1) is 13.3. The van der Waals surface area contributed by atoms with E-state index in [9.17, 15) is 0 Å². The van der Waals surface area contributed by atoms with Gasteiger partial charge >= 0.3 is 0 Å². The van der Waals surface area contributed by atoms with Crippen molar-refractivity contribution < 1.29 is 0 Å². The van der Waals surface area contributed by atoms with Crippen LogP contribution in [0.4, 0.5) is 11.4 Å². The molecule has 132 valence electrons. The van der Waals surface area contributed by atoms with Crippen molar-refractivity contribution in [2.75, 3.05) is 5.01 Å². The van der Waals surface area contributed by atoms with Gasteiger partial charge in [0.05, 0.1) is 17.6 Å². The summed E-state index contributed by atoms with van der Waals surface area (Å²) in [7, 11) is 0. The molecule has 0 fully saturated rings. The molecule has 0 aliphatic carbocycles. The summed E-state index contributed by atoms with van der Waals surface area (Å²) in [4.78, 5) is 0. The summed E-state index contributed by atoms with van der Waals surface area (Å²) >= 11 is 0. The molecule has 4 aromatic rings. The number of rotatable bonds is 5. The van der Waals surface area contributed by atoms with Gasteiger partial charge in [-0.15, -0.1) is 0 Å². The molecule has 0 aliphatic heterocycles. The Bertz CT molecular complexity index is 1050. The summed E-state index contributed by atoms with van der Waals surface area (Å²) < 4.78 is 0. The van der Waals surface area contributed by atoms with Crippen LogP contribution in [0.15, 0.2) is 102 Å². The van der Waals surface area contributed by atoms with Crippen LogP contribution in [-0.2, 0) is 6.42 Å². The van der Waals surface area contributed by atoms with Crippen molar-refractivity contribution in [3.8, 4) is 0 Å². The van der Waals surface area contributed by atoms with E-state index < -0.39 is 0 Å². The highest BCUT2D eigenvalue weighted by molar-refractivity contribution is 5.96. The van der Waals surface area contributed by atoms with Gasteiger partial charge in [-0.25, -0.2) is 5.01 Å². The van der Waals surface area contributed by atoms with Crippen molar-refractivity contribution in [3.05, 3.63) is 108 Å². The Balaban J connectivity index is 1.78. The van der Waals surface area contributed by atoms with Gasteiger partial charge in [-0.05, 0) is 41.1 Å². The molecule has 0 radical (unpaired) electrons. The molecular weight excluding hydrogens is 328 g/mol. The van der Waals surface area contributed by atoms with Gasteiger partial charge in [-0.1, -0.05) is 85.8 Å². The van der Waals surface area contributed by atoms with E-state index in [1.807, 2.05) is 29.4 Å². The molecule has 0 saturated carbocycles. The first-order valence-corrected chi connectivity index (χ1v) is 9.31. The minimum absolute atomic E-state index is 1.04. The van der Waals surface area contributed by atoms with Crippen LogP contribution in [0, 0.1) is 0 Å². The number of hydrogen-bond donors (Lipinski definition) is 0. The van der Waals surface area contributed by atoms with E-state index in [1.54, 1.807) is 0 Å². The molecule has 0 saturated heterocycles. The highest BCUT2D eigenvalue weighted by atomic mass is 15.5. The third kappa shape index (κ3) is 3.75. The van der Waals surface area contributed by atoms with Crippen molar-refractivity contribution in [1.29, 1.82) is 0 Å². The van der Waals surface area contributed by atoms with Crippen molar-refractivity contribution >= 4 is 28.4 Å². The van der Waals surface area contributed by atoms with E-state index in [2.05, 4.69) is 85.8 Å². The molecule has 0 spiro atoms. The zero-order valence-corrected chi connectivity index (χ0v) is 15.4. The fraction of sp³-hybridized carbons (Fsp3) is 0.0800. The lowest BCUT2D eigenvalue weighted by atomic mass is 10.1. The molecule has 4 aromatic carbocycles. The summed E-state index contributed by atoms with van der Waals surface area (Å²) in [5.41, 5.74) is 4.53. The molecule has 27 heavy (non-hydrogen) atoms. The molecule has 0 amide bonds. The summed E-state index contributed by atoms with van der Waals surface area (Å²) in [5, 5.41) is 9.25. The number of nitrogens with zero attached hydrogens (tertiary/aromatic N) is 2. The lowest BCUT2D eigenvalue weighted by molar-refractivity contribution is 1.10. The number of fused-ring (bicyclic) bond motifs is 1. The zero-order chi connectivity index (χ0) is 18.5.